The molecule has 0 bridgehead atoms. The van der Waals surface area contributed by atoms with E-state index in [-0.39, 0.29) is 19.0 Å². The quantitative estimate of drug-likeness (QED) is 0.678. The van der Waals surface area contributed by atoms with Gasteiger partial charge in [-0.15, -0.1) is 0 Å². The molecule has 0 aliphatic heterocycles. The number of carbonyl (C=O) groups is 3. The minimum Gasteiger partial charge on any atom is -0.481 e. The third kappa shape index (κ3) is 6.57. The van der Waals surface area contributed by atoms with Crippen LogP contribution in [0.15, 0.2) is 0 Å². The van der Waals surface area contributed by atoms with E-state index >= 15 is 0 Å². The van der Waals surface area contributed by atoms with Crippen LogP contribution < -0.4 is 10.6 Å². The SMILES string of the molecule is CC(C(=O)NC(=O)NC1CCCCC1)N(C)CCC(=O)O. The van der Waals surface area contributed by atoms with Crippen LogP contribution in [0.1, 0.15) is 45.4 Å². The highest BCUT2D eigenvalue weighted by molar-refractivity contribution is 5.96. The Labute approximate surface area is 125 Å². The highest BCUT2D eigenvalue weighted by atomic mass is 16.4. The van der Waals surface area contributed by atoms with Crippen molar-refractivity contribution < 1.29 is 19.5 Å². The van der Waals surface area contributed by atoms with Crippen LogP contribution in [0.25, 0.3) is 0 Å². The zero-order chi connectivity index (χ0) is 15.8. The van der Waals surface area contributed by atoms with Crippen LogP contribution >= 0.6 is 0 Å². The van der Waals surface area contributed by atoms with Crippen LogP contribution in [0, 0.1) is 0 Å². The van der Waals surface area contributed by atoms with E-state index in [9.17, 15) is 14.4 Å². The first-order chi connectivity index (χ1) is 9.90. The lowest BCUT2D eigenvalue weighted by atomic mass is 9.96. The molecule has 3 N–H and O–H groups in total. The summed E-state index contributed by atoms with van der Waals surface area (Å²) in [5.74, 6) is -1.33. The molecule has 1 aliphatic carbocycles. The topological polar surface area (TPSA) is 98.7 Å². The first-order valence-electron chi connectivity index (χ1n) is 7.43. The first kappa shape index (κ1) is 17.4. The molecular formula is C14H25N3O4. The van der Waals surface area contributed by atoms with E-state index in [1.54, 1.807) is 18.9 Å². The Balaban J connectivity index is 2.32. The first-order valence-corrected chi connectivity index (χ1v) is 7.43. The fraction of sp³-hybridized carbons (Fsp3) is 0.786. The molecule has 1 aliphatic rings. The summed E-state index contributed by atoms with van der Waals surface area (Å²) in [5.41, 5.74) is 0. The van der Waals surface area contributed by atoms with Gasteiger partial charge in [0.2, 0.25) is 5.91 Å². The molecule has 120 valence electrons. The summed E-state index contributed by atoms with van der Waals surface area (Å²) in [7, 11) is 1.66. The van der Waals surface area contributed by atoms with Gasteiger partial charge >= 0.3 is 12.0 Å². The molecule has 7 heteroatoms. The average Bonchev–Trinajstić information content (AvgIpc) is 2.44. The average molecular weight is 299 g/mol. The van der Waals surface area contributed by atoms with Crippen LogP contribution in [0.5, 0.6) is 0 Å². The summed E-state index contributed by atoms with van der Waals surface area (Å²) in [4.78, 5) is 35.8. The van der Waals surface area contributed by atoms with Crippen molar-refractivity contribution in [1.29, 1.82) is 0 Å². The van der Waals surface area contributed by atoms with Gasteiger partial charge in [0.25, 0.3) is 0 Å². The van der Waals surface area contributed by atoms with E-state index in [0.29, 0.717) is 0 Å². The van der Waals surface area contributed by atoms with Crippen LogP contribution in [0.3, 0.4) is 0 Å². The number of imide groups is 1. The third-order valence-corrected chi connectivity index (χ3v) is 3.90. The van der Waals surface area contributed by atoms with Crippen molar-refractivity contribution in [2.24, 2.45) is 0 Å². The number of likely N-dealkylation sites (N-methyl/N-ethyl adjacent to an activating group) is 1. The highest BCUT2D eigenvalue weighted by Crippen LogP contribution is 2.17. The number of carbonyl (C=O) groups excluding carboxylic acids is 2. The number of carboxylic acids is 1. The number of hydrogen-bond acceptors (Lipinski definition) is 4. The van der Waals surface area contributed by atoms with Gasteiger partial charge in [0.1, 0.15) is 0 Å². The molecule has 0 saturated heterocycles. The lowest BCUT2D eigenvalue weighted by molar-refractivity contribution is -0.138. The minimum atomic E-state index is -0.913. The predicted molar refractivity (Wildman–Crippen MR) is 77.9 cm³/mol. The Hall–Kier alpha value is -1.63. The maximum Gasteiger partial charge on any atom is 0.321 e. The summed E-state index contributed by atoms with van der Waals surface area (Å²) >= 11 is 0. The van der Waals surface area contributed by atoms with E-state index in [1.165, 1.54) is 6.42 Å². The number of aliphatic carboxylic acids is 1. The van der Waals surface area contributed by atoms with Gasteiger partial charge < -0.3 is 10.4 Å². The molecule has 1 rings (SSSR count). The molecule has 1 fully saturated rings. The maximum atomic E-state index is 11.9. The minimum absolute atomic E-state index is 0.0393. The molecule has 1 atom stereocenters. The Morgan fingerprint density at radius 2 is 1.86 bits per heavy atom. The molecule has 7 nitrogen and oxygen atoms in total. The highest BCUT2D eigenvalue weighted by Gasteiger charge is 2.22. The number of nitrogens with one attached hydrogen (secondary N) is 2. The number of hydrogen-bond donors (Lipinski definition) is 3. The summed E-state index contributed by atoms with van der Waals surface area (Å²) < 4.78 is 0. The number of urea groups is 1. The lowest BCUT2D eigenvalue weighted by Gasteiger charge is -2.25. The molecule has 0 heterocycles. The fourth-order valence-corrected chi connectivity index (χ4v) is 2.35. The summed E-state index contributed by atoms with van der Waals surface area (Å²) in [6, 6.07) is -0.876. The van der Waals surface area contributed by atoms with Gasteiger partial charge in [-0.25, -0.2) is 4.79 Å². The molecule has 1 unspecified atom stereocenters. The van der Waals surface area contributed by atoms with Crippen molar-refractivity contribution in [2.45, 2.75) is 57.5 Å². The van der Waals surface area contributed by atoms with Gasteiger partial charge in [-0.3, -0.25) is 19.8 Å². The standard InChI is InChI=1S/C14H25N3O4/c1-10(17(2)9-8-12(18)19)13(20)16-14(21)15-11-6-4-3-5-7-11/h10-11H,3-9H2,1-2H3,(H,18,19)(H2,15,16,20,21). The van der Waals surface area contributed by atoms with E-state index in [1.807, 2.05) is 0 Å². The van der Waals surface area contributed by atoms with Gasteiger partial charge in [-0.05, 0) is 26.8 Å². The fourth-order valence-electron chi connectivity index (χ4n) is 2.35. The van der Waals surface area contributed by atoms with Gasteiger partial charge in [0.05, 0.1) is 12.5 Å². The Morgan fingerprint density at radius 3 is 2.43 bits per heavy atom. The zero-order valence-corrected chi connectivity index (χ0v) is 12.7. The van der Waals surface area contributed by atoms with E-state index < -0.39 is 23.9 Å². The number of nitrogens with zero attached hydrogens (tertiary/aromatic N) is 1. The lowest BCUT2D eigenvalue weighted by Crippen LogP contribution is -2.51. The van der Waals surface area contributed by atoms with Gasteiger partial charge in [-0.2, -0.15) is 0 Å². The van der Waals surface area contributed by atoms with Crippen LogP contribution in [0.4, 0.5) is 4.79 Å². The van der Waals surface area contributed by atoms with Crippen molar-refractivity contribution in [1.82, 2.24) is 15.5 Å². The number of carboxylic acid groups (broad SMARTS) is 1. The number of amides is 3. The van der Waals surface area contributed by atoms with Crippen molar-refractivity contribution in [3.63, 3.8) is 0 Å². The number of rotatable bonds is 6. The molecule has 0 spiro atoms. The maximum absolute atomic E-state index is 11.9. The molecule has 0 radical (unpaired) electrons. The zero-order valence-electron chi connectivity index (χ0n) is 12.7. The molecule has 21 heavy (non-hydrogen) atoms. The second-order valence-corrected chi connectivity index (χ2v) is 5.60. The molecule has 0 aromatic rings. The van der Waals surface area contributed by atoms with Gasteiger partial charge in [-0.1, -0.05) is 19.3 Å². The van der Waals surface area contributed by atoms with E-state index in [4.69, 9.17) is 5.11 Å². The summed E-state index contributed by atoms with van der Waals surface area (Å²) in [6.07, 6.45) is 5.28. The second-order valence-electron chi connectivity index (χ2n) is 5.60. The van der Waals surface area contributed by atoms with Gasteiger partial charge in [0, 0.05) is 12.6 Å². The van der Waals surface area contributed by atoms with Crippen LogP contribution in [-0.2, 0) is 9.59 Å². The van der Waals surface area contributed by atoms with E-state index in [0.717, 1.165) is 25.7 Å². The summed E-state index contributed by atoms with van der Waals surface area (Å²) in [5, 5.41) is 13.7. The Morgan fingerprint density at radius 1 is 1.24 bits per heavy atom. The van der Waals surface area contributed by atoms with E-state index in [2.05, 4.69) is 10.6 Å². The molecular weight excluding hydrogens is 274 g/mol. The predicted octanol–water partition coefficient (Wildman–Crippen LogP) is 0.940. The molecule has 0 aromatic carbocycles. The van der Waals surface area contributed by atoms with Crippen LogP contribution in [0.2, 0.25) is 0 Å². The third-order valence-electron chi connectivity index (χ3n) is 3.90. The normalized spacial score (nSPS) is 17.3. The van der Waals surface area contributed by atoms with Crippen molar-refractivity contribution in [3.05, 3.63) is 0 Å². The van der Waals surface area contributed by atoms with Gasteiger partial charge in [0.15, 0.2) is 0 Å². The summed E-state index contributed by atoms with van der Waals surface area (Å²) in [6.45, 7) is 1.90. The van der Waals surface area contributed by atoms with Crippen molar-refractivity contribution in [2.75, 3.05) is 13.6 Å². The Bertz CT molecular complexity index is 380. The molecule has 1 saturated carbocycles. The largest absolute Gasteiger partial charge is 0.481 e. The molecule has 0 aromatic heterocycles. The monoisotopic (exact) mass is 299 g/mol. The van der Waals surface area contributed by atoms with Crippen LogP contribution in [-0.4, -0.2) is 53.6 Å². The second kappa shape index (κ2) is 8.61. The smallest absolute Gasteiger partial charge is 0.321 e. The molecule has 3 amide bonds. The van der Waals surface area contributed by atoms with Crippen molar-refractivity contribution in [3.8, 4) is 0 Å². The Kier molecular flexibility index (Phi) is 7.14. The van der Waals surface area contributed by atoms with Crippen molar-refractivity contribution >= 4 is 17.9 Å².